The van der Waals surface area contributed by atoms with Crippen LogP contribution in [0.2, 0.25) is 0 Å². The molecule has 158 valence electrons. The van der Waals surface area contributed by atoms with Crippen molar-refractivity contribution in [2.45, 2.75) is 11.4 Å². The standard InChI is InChI=1S/C22H15BrF2N2O3S/c23-15-4-7-18(17(25)10-15)26-22(29)14-3-8-20-19(9-14)27(21(28)12-31(20)30)11-13-1-5-16(24)6-2-13/h1-10H,11-12H2,(H,26,29)/t31-/m0/s1. The van der Waals surface area contributed by atoms with E-state index in [1.54, 1.807) is 18.2 Å². The molecule has 0 saturated carbocycles. The van der Waals surface area contributed by atoms with Crippen LogP contribution in [-0.4, -0.2) is 21.8 Å². The van der Waals surface area contributed by atoms with Crippen molar-refractivity contribution in [3.63, 3.8) is 0 Å². The number of hydrogen-bond acceptors (Lipinski definition) is 3. The summed E-state index contributed by atoms with van der Waals surface area (Å²) >= 11 is 3.16. The predicted molar refractivity (Wildman–Crippen MR) is 117 cm³/mol. The second-order valence-corrected chi connectivity index (χ2v) is 9.19. The van der Waals surface area contributed by atoms with Crippen molar-refractivity contribution in [3.05, 3.63) is 87.9 Å². The van der Waals surface area contributed by atoms with Gasteiger partial charge in [-0.1, -0.05) is 28.1 Å². The van der Waals surface area contributed by atoms with E-state index in [1.165, 1.54) is 47.4 Å². The molecule has 0 radical (unpaired) electrons. The van der Waals surface area contributed by atoms with E-state index in [1.807, 2.05) is 0 Å². The Bertz CT molecular complexity index is 1220. The van der Waals surface area contributed by atoms with Gasteiger partial charge in [0.1, 0.15) is 17.4 Å². The van der Waals surface area contributed by atoms with Crippen molar-refractivity contribution in [2.75, 3.05) is 16.0 Å². The Balaban J connectivity index is 1.66. The van der Waals surface area contributed by atoms with E-state index in [-0.39, 0.29) is 29.5 Å². The van der Waals surface area contributed by atoms with Gasteiger partial charge >= 0.3 is 0 Å². The number of hydrogen-bond donors (Lipinski definition) is 1. The van der Waals surface area contributed by atoms with Gasteiger partial charge in [-0.05, 0) is 54.1 Å². The molecule has 4 rings (SSSR count). The third-order valence-corrected chi connectivity index (χ3v) is 6.58. The molecule has 31 heavy (non-hydrogen) atoms. The van der Waals surface area contributed by atoms with Gasteiger partial charge in [-0.15, -0.1) is 0 Å². The minimum absolute atomic E-state index is 0.00809. The van der Waals surface area contributed by atoms with Crippen molar-refractivity contribution in [1.82, 2.24) is 0 Å². The summed E-state index contributed by atoms with van der Waals surface area (Å²) < 4.78 is 40.3. The highest BCUT2D eigenvalue weighted by molar-refractivity contribution is 9.10. The summed E-state index contributed by atoms with van der Waals surface area (Å²) in [6.45, 7) is 0.135. The Morgan fingerprint density at radius 2 is 1.81 bits per heavy atom. The van der Waals surface area contributed by atoms with Gasteiger partial charge in [0.15, 0.2) is 0 Å². The van der Waals surface area contributed by atoms with Crippen molar-refractivity contribution in [2.24, 2.45) is 0 Å². The molecule has 5 nitrogen and oxygen atoms in total. The van der Waals surface area contributed by atoms with Crippen LogP contribution in [0.15, 0.2) is 70.0 Å². The molecule has 0 aromatic heterocycles. The summed E-state index contributed by atoms with van der Waals surface area (Å²) in [7, 11) is -1.54. The second kappa shape index (κ2) is 8.68. The van der Waals surface area contributed by atoms with Gasteiger partial charge in [0.05, 0.1) is 33.6 Å². The average molecular weight is 505 g/mol. The first-order chi connectivity index (χ1) is 14.8. The molecular weight excluding hydrogens is 490 g/mol. The Labute approximate surface area is 187 Å². The first-order valence-electron chi connectivity index (χ1n) is 9.15. The summed E-state index contributed by atoms with van der Waals surface area (Å²) in [5.74, 6) is -2.12. The molecule has 1 atom stereocenters. The zero-order valence-corrected chi connectivity index (χ0v) is 18.3. The first kappa shape index (κ1) is 21.3. The largest absolute Gasteiger partial charge is 0.319 e. The Morgan fingerprint density at radius 3 is 2.52 bits per heavy atom. The fourth-order valence-corrected chi connectivity index (χ4v) is 4.69. The maximum atomic E-state index is 14.1. The highest BCUT2D eigenvalue weighted by Crippen LogP contribution is 2.32. The van der Waals surface area contributed by atoms with Crippen LogP contribution >= 0.6 is 15.9 Å². The average Bonchev–Trinajstić information content (AvgIpc) is 2.74. The highest BCUT2D eigenvalue weighted by Gasteiger charge is 2.30. The van der Waals surface area contributed by atoms with E-state index in [0.717, 1.165) is 0 Å². The normalized spacial score (nSPS) is 15.5. The Morgan fingerprint density at radius 1 is 1.06 bits per heavy atom. The molecule has 0 fully saturated rings. The molecule has 0 aliphatic carbocycles. The molecule has 1 aliphatic rings. The number of carbonyl (C=O) groups excluding carboxylic acids is 2. The molecule has 1 heterocycles. The van der Waals surface area contributed by atoms with E-state index in [9.17, 15) is 22.6 Å². The molecule has 0 spiro atoms. The molecule has 2 amide bonds. The summed E-state index contributed by atoms with van der Waals surface area (Å²) in [6.07, 6.45) is 0. The summed E-state index contributed by atoms with van der Waals surface area (Å²) in [6, 6.07) is 14.4. The molecular formula is C22H15BrF2N2O3S. The summed E-state index contributed by atoms with van der Waals surface area (Å²) in [4.78, 5) is 27.1. The number of carbonyl (C=O) groups is 2. The topological polar surface area (TPSA) is 66.5 Å². The number of amides is 2. The lowest BCUT2D eigenvalue weighted by Gasteiger charge is -2.29. The summed E-state index contributed by atoms with van der Waals surface area (Å²) in [5.41, 5.74) is 1.20. The molecule has 3 aromatic rings. The van der Waals surface area contributed by atoms with Crippen molar-refractivity contribution in [3.8, 4) is 0 Å². The third kappa shape index (κ3) is 4.57. The van der Waals surface area contributed by atoms with Crippen LogP contribution in [0.3, 0.4) is 0 Å². The minimum atomic E-state index is -1.54. The van der Waals surface area contributed by atoms with E-state index >= 15 is 0 Å². The molecule has 9 heteroatoms. The van der Waals surface area contributed by atoms with Crippen LogP contribution < -0.4 is 10.2 Å². The molecule has 0 unspecified atom stereocenters. The maximum absolute atomic E-state index is 14.1. The number of rotatable bonds is 4. The zero-order valence-electron chi connectivity index (χ0n) is 15.9. The monoisotopic (exact) mass is 504 g/mol. The fraction of sp³-hybridized carbons (Fsp3) is 0.0909. The van der Waals surface area contributed by atoms with E-state index < -0.39 is 28.3 Å². The van der Waals surface area contributed by atoms with Crippen LogP contribution in [0.4, 0.5) is 20.2 Å². The van der Waals surface area contributed by atoms with Gasteiger partial charge < -0.3 is 10.2 Å². The second-order valence-electron chi connectivity index (χ2n) is 6.86. The van der Waals surface area contributed by atoms with E-state index in [0.29, 0.717) is 20.6 Å². The Hall–Kier alpha value is -2.91. The van der Waals surface area contributed by atoms with E-state index in [2.05, 4.69) is 21.2 Å². The van der Waals surface area contributed by atoms with Gasteiger partial charge in [0.2, 0.25) is 5.91 Å². The van der Waals surface area contributed by atoms with Gasteiger partial charge in [0, 0.05) is 10.0 Å². The number of fused-ring (bicyclic) bond motifs is 1. The molecule has 3 aromatic carbocycles. The lowest BCUT2D eigenvalue weighted by atomic mass is 10.1. The fourth-order valence-electron chi connectivity index (χ4n) is 3.20. The molecule has 1 N–H and O–H groups in total. The Kier molecular flexibility index (Phi) is 5.97. The van der Waals surface area contributed by atoms with Crippen LogP contribution in [0, 0.1) is 11.6 Å². The number of nitrogens with zero attached hydrogens (tertiary/aromatic N) is 1. The number of benzene rings is 3. The quantitative estimate of drug-likeness (QED) is 0.563. The van der Waals surface area contributed by atoms with Crippen LogP contribution in [0.5, 0.6) is 0 Å². The van der Waals surface area contributed by atoms with Crippen LogP contribution in [0.1, 0.15) is 15.9 Å². The number of anilines is 2. The minimum Gasteiger partial charge on any atom is -0.319 e. The van der Waals surface area contributed by atoms with Crippen molar-refractivity contribution in [1.29, 1.82) is 0 Å². The SMILES string of the molecule is O=C(Nc1ccc(Br)cc1F)c1ccc2c(c1)N(Cc1ccc(F)cc1)C(=O)C[S@@]2=O. The van der Waals surface area contributed by atoms with Gasteiger partial charge in [-0.2, -0.15) is 0 Å². The predicted octanol–water partition coefficient (Wildman–Crippen LogP) is 4.63. The number of halogens is 3. The maximum Gasteiger partial charge on any atom is 0.255 e. The van der Waals surface area contributed by atoms with Crippen molar-refractivity contribution >= 4 is 49.9 Å². The van der Waals surface area contributed by atoms with Gasteiger partial charge in [-0.25, -0.2) is 8.78 Å². The van der Waals surface area contributed by atoms with Crippen molar-refractivity contribution < 1.29 is 22.6 Å². The third-order valence-electron chi connectivity index (χ3n) is 4.75. The molecule has 1 aliphatic heterocycles. The van der Waals surface area contributed by atoms with Crippen LogP contribution in [-0.2, 0) is 22.1 Å². The first-order valence-corrected chi connectivity index (χ1v) is 11.3. The lowest BCUT2D eigenvalue weighted by molar-refractivity contribution is -0.116. The van der Waals surface area contributed by atoms with E-state index in [4.69, 9.17) is 0 Å². The molecule has 0 saturated heterocycles. The van der Waals surface area contributed by atoms with Crippen LogP contribution in [0.25, 0.3) is 0 Å². The molecule has 0 bridgehead atoms. The lowest BCUT2D eigenvalue weighted by Crippen LogP contribution is -2.38. The smallest absolute Gasteiger partial charge is 0.255 e. The zero-order chi connectivity index (χ0) is 22.1. The van der Waals surface area contributed by atoms with Gasteiger partial charge in [0.25, 0.3) is 5.91 Å². The van der Waals surface area contributed by atoms with Gasteiger partial charge in [-0.3, -0.25) is 13.8 Å². The highest BCUT2D eigenvalue weighted by atomic mass is 79.9. The number of nitrogens with one attached hydrogen (secondary N) is 1. The summed E-state index contributed by atoms with van der Waals surface area (Å²) in [5, 5.41) is 2.50.